The second-order valence-electron chi connectivity index (χ2n) is 3.45. The van der Waals surface area contributed by atoms with Gasteiger partial charge in [0.2, 0.25) is 0 Å². The molecule has 0 saturated heterocycles. The molecule has 0 fully saturated rings. The predicted octanol–water partition coefficient (Wildman–Crippen LogP) is 1.49. The van der Waals surface area contributed by atoms with Gasteiger partial charge in [0.25, 0.3) is 5.91 Å². The molecule has 94 valence electrons. The third-order valence-corrected chi connectivity index (χ3v) is 2.08. The van der Waals surface area contributed by atoms with Gasteiger partial charge in [-0.3, -0.25) is 10.1 Å². The van der Waals surface area contributed by atoms with Crippen LogP contribution < -0.4 is 11.1 Å². The summed E-state index contributed by atoms with van der Waals surface area (Å²) in [5.41, 5.74) is 4.51. The quantitative estimate of drug-likeness (QED) is 0.792. The minimum Gasteiger partial charge on any atom is -0.396 e. The molecule has 0 aliphatic carbocycles. The Balaban J connectivity index is 2.26. The lowest BCUT2D eigenvalue weighted by Gasteiger charge is -2.04. The van der Waals surface area contributed by atoms with E-state index in [1.54, 1.807) is 6.92 Å². The second kappa shape index (κ2) is 4.40. The Labute approximate surface area is 99.8 Å². The molecule has 0 aliphatic rings. The summed E-state index contributed by atoms with van der Waals surface area (Å²) in [6.07, 6.45) is 0. The predicted molar refractivity (Wildman–Crippen MR) is 57.8 cm³/mol. The molecule has 0 bridgehead atoms. The van der Waals surface area contributed by atoms with Gasteiger partial charge in [-0.25, -0.2) is 8.78 Å². The molecule has 0 atom stereocenters. The molecule has 0 spiro atoms. The van der Waals surface area contributed by atoms with Gasteiger partial charge in [-0.1, -0.05) is 5.16 Å². The molecule has 0 radical (unpaired) electrons. The number of nitrogens with one attached hydrogen (secondary N) is 1. The maximum atomic E-state index is 13.4. The van der Waals surface area contributed by atoms with Crippen LogP contribution in [0.15, 0.2) is 16.7 Å². The number of aryl methyl sites for hydroxylation is 1. The van der Waals surface area contributed by atoms with Crippen LogP contribution in [-0.4, -0.2) is 16.0 Å². The third kappa shape index (κ3) is 2.26. The van der Waals surface area contributed by atoms with E-state index in [-0.39, 0.29) is 11.7 Å². The molecule has 2 rings (SSSR count). The number of carbonyl (C=O) groups excluding carboxylic acids is 1. The molecule has 2 aromatic rings. The van der Waals surface area contributed by atoms with Gasteiger partial charge in [0.15, 0.2) is 5.82 Å². The fraction of sp³-hybridized carbons (Fsp3) is 0.100. The fourth-order valence-electron chi connectivity index (χ4n) is 1.25. The average molecular weight is 254 g/mol. The molecule has 1 aromatic carbocycles. The molecule has 3 N–H and O–H groups in total. The highest BCUT2D eigenvalue weighted by Crippen LogP contribution is 2.17. The number of carbonyl (C=O) groups is 1. The smallest absolute Gasteiger partial charge is 0.328 e. The number of nitrogen functional groups attached to an aromatic ring is 1. The standard InChI is InChI=1S/C10H8F2N4O2/c1-4-14-10(18-16-4)15-9(17)5-2-8(13)7(12)3-6(5)11/h2-3H,13H2,1H3,(H,14,15,16,17). The number of nitrogens with two attached hydrogens (primary N) is 1. The lowest BCUT2D eigenvalue weighted by molar-refractivity contribution is 0.101. The summed E-state index contributed by atoms with van der Waals surface area (Å²) in [5, 5.41) is 5.61. The van der Waals surface area contributed by atoms with E-state index in [2.05, 4.69) is 20.0 Å². The number of anilines is 2. The molecule has 0 saturated carbocycles. The lowest BCUT2D eigenvalue weighted by atomic mass is 10.1. The van der Waals surface area contributed by atoms with Crippen LogP contribution in [-0.2, 0) is 0 Å². The number of amides is 1. The number of benzene rings is 1. The van der Waals surface area contributed by atoms with Gasteiger partial charge < -0.3 is 10.3 Å². The Morgan fingerprint density at radius 3 is 2.72 bits per heavy atom. The zero-order valence-electron chi connectivity index (χ0n) is 9.20. The summed E-state index contributed by atoms with van der Waals surface area (Å²) in [6, 6.07) is 1.24. The molecular weight excluding hydrogens is 246 g/mol. The van der Waals surface area contributed by atoms with Gasteiger partial charge in [0, 0.05) is 6.07 Å². The van der Waals surface area contributed by atoms with Crippen LogP contribution in [0.25, 0.3) is 0 Å². The summed E-state index contributed by atoms with van der Waals surface area (Å²) in [5.74, 6) is -2.51. The Morgan fingerprint density at radius 2 is 2.11 bits per heavy atom. The van der Waals surface area contributed by atoms with Gasteiger partial charge in [-0.2, -0.15) is 4.98 Å². The Kier molecular flexibility index (Phi) is 2.92. The average Bonchev–Trinajstić information content (AvgIpc) is 2.69. The van der Waals surface area contributed by atoms with Crippen LogP contribution in [0, 0.1) is 18.6 Å². The zero-order chi connectivity index (χ0) is 13.3. The number of hydrogen-bond donors (Lipinski definition) is 2. The van der Waals surface area contributed by atoms with Gasteiger partial charge in [0.05, 0.1) is 11.3 Å². The number of nitrogens with zero attached hydrogens (tertiary/aromatic N) is 2. The van der Waals surface area contributed by atoms with Crippen molar-refractivity contribution in [2.45, 2.75) is 6.92 Å². The third-order valence-electron chi connectivity index (χ3n) is 2.08. The van der Waals surface area contributed by atoms with Crippen LogP contribution >= 0.6 is 0 Å². The Morgan fingerprint density at radius 1 is 1.39 bits per heavy atom. The highest BCUT2D eigenvalue weighted by atomic mass is 19.1. The first-order chi connectivity index (χ1) is 8.47. The highest BCUT2D eigenvalue weighted by Gasteiger charge is 2.17. The molecule has 18 heavy (non-hydrogen) atoms. The number of aromatic nitrogens is 2. The molecule has 0 aliphatic heterocycles. The van der Waals surface area contributed by atoms with Gasteiger partial charge in [-0.05, 0) is 13.0 Å². The van der Waals surface area contributed by atoms with Gasteiger partial charge in [-0.15, -0.1) is 0 Å². The number of rotatable bonds is 2. The monoisotopic (exact) mass is 254 g/mol. The van der Waals surface area contributed by atoms with E-state index in [9.17, 15) is 13.6 Å². The van der Waals surface area contributed by atoms with Crippen molar-refractivity contribution in [2.24, 2.45) is 0 Å². The van der Waals surface area contributed by atoms with Crippen molar-refractivity contribution in [3.05, 3.63) is 35.2 Å². The van der Waals surface area contributed by atoms with Gasteiger partial charge >= 0.3 is 6.01 Å². The van der Waals surface area contributed by atoms with Crippen molar-refractivity contribution in [3.8, 4) is 0 Å². The van der Waals surface area contributed by atoms with Crippen molar-refractivity contribution in [1.29, 1.82) is 0 Å². The second-order valence-corrected chi connectivity index (χ2v) is 3.45. The Bertz CT molecular complexity index is 612. The van der Waals surface area contributed by atoms with E-state index in [1.807, 2.05) is 0 Å². The highest BCUT2D eigenvalue weighted by molar-refractivity contribution is 6.03. The van der Waals surface area contributed by atoms with E-state index < -0.39 is 23.1 Å². The van der Waals surface area contributed by atoms with E-state index in [0.29, 0.717) is 11.9 Å². The van der Waals surface area contributed by atoms with E-state index in [1.165, 1.54) is 0 Å². The van der Waals surface area contributed by atoms with Crippen LogP contribution in [0.2, 0.25) is 0 Å². The SMILES string of the molecule is Cc1noc(NC(=O)c2cc(N)c(F)cc2F)n1. The largest absolute Gasteiger partial charge is 0.396 e. The van der Waals surface area contributed by atoms with Crippen LogP contribution in [0.1, 0.15) is 16.2 Å². The molecule has 1 heterocycles. The molecule has 8 heteroatoms. The molecule has 0 unspecified atom stereocenters. The maximum absolute atomic E-state index is 13.4. The van der Waals surface area contributed by atoms with Gasteiger partial charge in [0.1, 0.15) is 11.6 Å². The first-order valence-electron chi connectivity index (χ1n) is 4.83. The number of halogens is 2. The van der Waals surface area contributed by atoms with Crippen molar-refractivity contribution in [2.75, 3.05) is 11.1 Å². The Hall–Kier alpha value is -2.51. The molecule has 1 aromatic heterocycles. The topological polar surface area (TPSA) is 94.0 Å². The first kappa shape index (κ1) is 12.0. The summed E-state index contributed by atoms with van der Waals surface area (Å²) in [6.45, 7) is 1.55. The van der Waals surface area contributed by atoms with E-state index in [0.717, 1.165) is 6.07 Å². The van der Waals surface area contributed by atoms with Crippen molar-refractivity contribution in [1.82, 2.24) is 10.1 Å². The first-order valence-corrected chi connectivity index (χ1v) is 4.83. The van der Waals surface area contributed by atoms with Crippen LogP contribution in [0.4, 0.5) is 20.5 Å². The minimum atomic E-state index is -1.03. The zero-order valence-corrected chi connectivity index (χ0v) is 9.20. The van der Waals surface area contributed by atoms with Crippen LogP contribution in [0.5, 0.6) is 0 Å². The van der Waals surface area contributed by atoms with Crippen molar-refractivity contribution < 1.29 is 18.1 Å². The van der Waals surface area contributed by atoms with E-state index >= 15 is 0 Å². The minimum absolute atomic E-state index is 0.181. The molecule has 1 amide bonds. The molecule has 6 nitrogen and oxygen atoms in total. The number of hydrogen-bond acceptors (Lipinski definition) is 5. The van der Waals surface area contributed by atoms with Crippen molar-refractivity contribution >= 4 is 17.6 Å². The maximum Gasteiger partial charge on any atom is 0.328 e. The van der Waals surface area contributed by atoms with E-state index in [4.69, 9.17) is 5.73 Å². The lowest BCUT2D eigenvalue weighted by Crippen LogP contribution is -2.15. The summed E-state index contributed by atoms with van der Waals surface area (Å²) >= 11 is 0. The van der Waals surface area contributed by atoms with Crippen LogP contribution in [0.3, 0.4) is 0 Å². The van der Waals surface area contributed by atoms with Crippen molar-refractivity contribution in [3.63, 3.8) is 0 Å². The normalized spacial score (nSPS) is 10.4. The summed E-state index contributed by atoms with van der Waals surface area (Å²) < 4.78 is 30.9. The molecular formula is C10H8F2N4O2. The fourth-order valence-corrected chi connectivity index (χ4v) is 1.25. The summed E-state index contributed by atoms with van der Waals surface area (Å²) in [4.78, 5) is 15.4. The summed E-state index contributed by atoms with van der Waals surface area (Å²) in [7, 11) is 0.